The molecule has 2 N–H and O–H groups in total. The van der Waals surface area contributed by atoms with E-state index in [9.17, 15) is 26.3 Å². The minimum Gasteiger partial charge on any atom is -0.374 e. The largest absolute Gasteiger partial charge is 0.416 e. The third kappa shape index (κ3) is 8.92. The lowest BCUT2D eigenvalue weighted by molar-refractivity contribution is -0.139. The van der Waals surface area contributed by atoms with Crippen molar-refractivity contribution in [2.24, 2.45) is 0 Å². The van der Waals surface area contributed by atoms with Crippen LogP contribution in [-0.2, 0) is 34.9 Å². The number of alkyl halides is 6. The Balaban J connectivity index is 0.000000164. The average Bonchev–Trinajstić information content (AvgIpc) is 3.86. The van der Waals surface area contributed by atoms with Crippen molar-refractivity contribution in [1.29, 1.82) is 0 Å². The van der Waals surface area contributed by atoms with Gasteiger partial charge in [0.2, 0.25) is 11.9 Å². The van der Waals surface area contributed by atoms with Gasteiger partial charge in [-0.25, -0.2) is 9.97 Å². The zero-order chi connectivity index (χ0) is 41.3. The Hall–Kier alpha value is -5.88. The Morgan fingerprint density at radius 1 is 0.644 bits per heavy atom. The van der Waals surface area contributed by atoms with Gasteiger partial charge in [0.05, 0.1) is 52.9 Å². The topological polar surface area (TPSA) is 126 Å². The summed E-state index contributed by atoms with van der Waals surface area (Å²) in [6, 6.07) is 18.4. The van der Waals surface area contributed by atoms with E-state index in [2.05, 4.69) is 45.4 Å². The first-order chi connectivity index (χ1) is 28.3. The molecular weight excluding hydrogens is 779 g/mol. The van der Waals surface area contributed by atoms with Crippen LogP contribution >= 0.6 is 0 Å². The number of pyridine rings is 2. The summed E-state index contributed by atoms with van der Waals surface area (Å²) in [5.74, 6) is 1.93. The predicted molar refractivity (Wildman–Crippen MR) is 210 cm³/mol. The lowest BCUT2D eigenvalue weighted by Gasteiger charge is -2.35. The van der Waals surface area contributed by atoms with E-state index >= 15 is 0 Å². The molecule has 3 fully saturated rings. The molecule has 3 aliphatic rings. The molecule has 308 valence electrons. The molecule has 4 atom stereocenters. The molecule has 7 heterocycles. The first-order valence-electron chi connectivity index (χ1n) is 19.1. The van der Waals surface area contributed by atoms with Crippen molar-refractivity contribution in [2.45, 2.75) is 70.1 Å². The van der Waals surface area contributed by atoms with E-state index in [0.29, 0.717) is 71.8 Å². The van der Waals surface area contributed by atoms with Crippen molar-refractivity contribution >= 4 is 45.6 Å². The highest BCUT2D eigenvalue weighted by Crippen LogP contribution is 2.35. The molecule has 0 saturated carbocycles. The first kappa shape index (κ1) is 39.9. The van der Waals surface area contributed by atoms with Crippen LogP contribution < -0.4 is 20.4 Å². The molecule has 59 heavy (non-hydrogen) atoms. The Kier molecular flexibility index (Phi) is 11.1. The van der Waals surface area contributed by atoms with Crippen LogP contribution in [0.25, 0.3) is 22.1 Å². The number of halogens is 6. The van der Waals surface area contributed by atoms with E-state index in [1.807, 2.05) is 24.8 Å². The van der Waals surface area contributed by atoms with Gasteiger partial charge >= 0.3 is 12.4 Å². The summed E-state index contributed by atoms with van der Waals surface area (Å²) in [4.78, 5) is 31.2. The maximum atomic E-state index is 13.3. The predicted octanol–water partition coefficient (Wildman–Crippen LogP) is 7.90. The third-order valence-corrected chi connectivity index (χ3v) is 10.3. The highest BCUT2D eigenvalue weighted by Gasteiger charge is 2.41. The average molecular weight is 819 g/mol. The van der Waals surface area contributed by atoms with Gasteiger partial charge in [-0.3, -0.25) is 0 Å². The van der Waals surface area contributed by atoms with Gasteiger partial charge in [0.1, 0.15) is 11.6 Å². The Morgan fingerprint density at radius 2 is 1.15 bits per heavy atom. The third-order valence-electron chi connectivity index (χ3n) is 10.3. The molecule has 0 aliphatic carbocycles. The summed E-state index contributed by atoms with van der Waals surface area (Å²) in [5.41, 5.74) is -0.0152. The van der Waals surface area contributed by atoms with Crippen LogP contribution in [0.15, 0.2) is 85.2 Å². The maximum Gasteiger partial charge on any atom is 0.416 e. The SMILES string of the molecule is CC1CN(c2nc(NCc3ccccc3C(F)(F)F)c3cccnc3n2)C[C@H](C)O1.FC(F)(F)c1ccccc1CNc1nc(N2CC3CC2CO3)nc2ncccc12. The van der Waals surface area contributed by atoms with Gasteiger partial charge in [0, 0.05) is 45.1 Å². The van der Waals surface area contributed by atoms with E-state index in [-0.39, 0.29) is 48.6 Å². The Labute approximate surface area is 335 Å². The number of nitrogens with one attached hydrogen (secondary N) is 2. The molecule has 9 rings (SSSR count). The quantitative estimate of drug-likeness (QED) is 0.145. The van der Waals surface area contributed by atoms with Crippen LogP contribution in [0, 0.1) is 0 Å². The van der Waals surface area contributed by atoms with Crippen LogP contribution in [0.2, 0.25) is 0 Å². The number of morpholine rings is 2. The van der Waals surface area contributed by atoms with Gasteiger partial charge in [-0.15, -0.1) is 0 Å². The van der Waals surface area contributed by atoms with E-state index < -0.39 is 23.5 Å². The fourth-order valence-corrected chi connectivity index (χ4v) is 7.69. The fraction of sp³-hybridized carbons (Fsp3) is 0.366. The van der Waals surface area contributed by atoms with Crippen molar-refractivity contribution in [3.63, 3.8) is 0 Å². The second-order valence-electron chi connectivity index (χ2n) is 14.7. The summed E-state index contributed by atoms with van der Waals surface area (Å²) in [6.45, 7) is 6.52. The lowest BCUT2D eigenvalue weighted by atomic mass is 10.1. The summed E-state index contributed by atoms with van der Waals surface area (Å²) < 4.78 is 91.3. The van der Waals surface area contributed by atoms with E-state index in [1.54, 1.807) is 42.7 Å². The number of benzene rings is 2. The number of fused-ring (bicyclic) bond motifs is 4. The summed E-state index contributed by atoms with van der Waals surface area (Å²) >= 11 is 0. The van der Waals surface area contributed by atoms with Gasteiger partial charge in [0.25, 0.3) is 0 Å². The monoisotopic (exact) mass is 818 g/mol. The van der Waals surface area contributed by atoms with Crippen molar-refractivity contribution in [3.8, 4) is 0 Å². The molecule has 0 amide bonds. The number of hydrogen-bond donors (Lipinski definition) is 2. The van der Waals surface area contributed by atoms with Gasteiger partial charge < -0.3 is 29.9 Å². The Morgan fingerprint density at radius 3 is 1.64 bits per heavy atom. The van der Waals surface area contributed by atoms with Crippen LogP contribution in [-0.4, -0.2) is 80.5 Å². The van der Waals surface area contributed by atoms with Gasteiger partial charge in [0.15, 0.2) is 11.3 Å². The molecule has 4 aromatic heterocycles. The standard InChI is InChI=1S/C21H22F3N5O.C20H18F3N5O/c1-13-11-29(12-14(2)30-13)20-27-18-16(7-5-9-25-18)19(28-20)26-10-15-6-3-4-8-17(15)21(22,23)24;21-20(22,23)16-6-2-1-4-12(16)9-25-18-15-5-3-7-24-17(15)26-19(27-18)28-10-14-8-13(28)11-29-14/h3-9,13-14H,10-12H2,1-2H3,(H,25,26,27,28);1-7,13-14H,8-11H2,(H,24,25,26,27)/t13-,14?;/m0./s1. The van der Waals surface area contributed by atoms with Crippen LogP contribution in [0.4, 0.5) is 49.9 Å². The maximum absolute atomic E-state index is 13.3. The molecule has 3 unspecified atom stereocenters. The minimum atomic E-state index is -4.42. The number of rotatable bonds is 8. The molecule has 18 heteroatoms. The lowest BCUT2D eigenvalue weighted by Crippen LogP contribution is -2.46. The van der Waals surface area contributed by atoms with Gasteiger partial charge in [-0.2, -0.15) is 46.3 Å². The fourth-order valence-electron chi connectivity index (χ4n) is 7.69. The van der Waals surface area contributed by atoms with Crippen molar-refractivity contribution < 1.29 is 35.8 Å². The van der Waals surface area contributed by atoms with Crippen molar-refractivity contribution in [3.05, 3.63) is 107 Å². The molecule has 2 aromatic carbocycles. The molecular formula is C41H40F6N10O2. The second kappa shape index (κ2) is 16.4. The first-order valence-corrected chi connectivity index (χ1v) is 19.1. The smallest absolute Gasteiger partial charge is 0.374 e. The number of anilines is 4. The summed E-state index contributed by atoms with van der Waals surface area (Å²) in [5, 5.41) is 7.47. The molecule has 0 radical (unpaired) electrons. The molecule has 6 aromatic rings. The van der Waals surface area contributed by atoms with Crippen LogP contribution in [0.5, 0.6) is 0 Å². The minimum absolute atomic E-state index is 0.00864. The van der Waals surface area contributed by atoms with E-state index in [1.165, 1.54) is 24.3 Å². The molecule has 3 saturated heterocycles. The highest BCUT2D eigenvalue weighted by atomic mass is 19.4. The van der Waals surface area contributed by atoms with Crippen LogP contribution in [0.1, 0.15) is 42.5 Å². The molecule has 0 spiro atoms. The number of hydrogen-bond acceptors (Lipinski definition) is 12. The second-order valence-corrected chi connectivity index (χ2v) is 14.7. The van der Waals surface area contributed by atoms with Crippen LogP contribution in [0.3, 0.4) is 0 Å². The number of ether oxygens (including phenoxy) is 2. The van der Waals surface area contributed by atoms with Crippen molar-refractivity contribution in [2.75, 3.05) is 46.7 Å². The molecule has 3 aliphatic heterocycles. The summed E-state index contributed by atoms with van der Waals surface area (Å²) in [7, 11) is 0. The molecule has 12 nitrogen and oxygen atoms in total. The Bertz CT molecular complexity index is 2430. The van der Waals surface area contributed by atoms with E-state index in [4.69, 9.17) is 9.47 Å². The number of aromatic nitrogens is 6. The van der Waals surface area contributed by atoms with Crippen molar-refractivity contribution in [1.82, 2.24) is 29.9 Å². The number of nitrogens with zero attached hydrogens (tertiary/aromatic N) is 8. The normalized spacial score (nSPS) is 20.5. The van der Waals surface area contributed by atoms with Gasteiger partial charge in [-0.05, 0) is 67.8 Å². The molecule has 2 bridgehead atoms. The zero-order valence-electron chi connectivity index (χ0n) is 32.0. The summed E-state index contributed by atoms with van der Waals surface area (Å²) in [6.07, 6.45) is -4.40. The zero-order valence-corrected chi connectivity index (χ0v) is 32.0. The van der Waals surface area contributed by atoms with Gasteiger partial charge in [-0.1, -0.05) is 36.4 Å². The van der Waals surface area contributed by atoms with E-state index in [0.717, 1.165) is 18.6 Å². The highest BCUT2D eigenvalue weighted by molar-refractivity contribution is 5.88.